The van der Waals surface area contributed by atoms with Gasteiger partial charge in [0.2, 0.25) is 0 Å². The predicted molar refractivity (Wildman–Crippen MR) is 61.3 cm³/mol. The zero-order chi connectivity index (χ0) is 12.0. The molecule has 0 fully saturated rings. The highest BCUT2D eigenvalue weighted by Gasteiger charge is 2.13. The number of carbonyl (C=O) groups is 1. The minimum absolute atomic E-state index is 0.395. The molecule has 0 unspecified atom stereocenters. The van der Waals surface area contributed by atoms with E-state index in [1.165, 1.54) is 7.11 Å². The second kappa shape index (κ2) is 6.12. The van der Waals surface area contributed by atoms with Crippen LogP contribution in [0.15, 0.2) is 24.3 Å². The number of nitrogens with two attached hydrogens (primary N) is 1. The summed E-state index contributed by atoms with van der Waals surface area (Å²) in [6.45, 7) is 2.57. The molecule has 0 aliphatic heterocycles. The highest BCUT2D eigenvalue weighted by atomic mass is 16.5. The number of esters is 1. The fourth-order valence-corrected chi connectivity index (χ4v) is 1.38. The summed E-state index contributed by atoms with van der Waals surface area (Å²) in [5.41, 5.74) is 6.64. The molecule has 0 saturated carbocycles. The maximum absolute atomic E-state index is 11.1. The lowest BCUT2D eigenvalue weighted by Crippen LogP contribution is -2.33. The van der Waals surface area contributed by atoms with E-state index in [2.05, 4.69) is 4.74 Å². The third-order valence-electron chi connectivity index (χ3n) is 2.19. The van der Waals surface area contributed by atoms with Crippen molar-refractivity contribution in [3.63, 3.8) is 0 Å². The van der Waals surface area contributed by atoms with Crippen LogP contribution >= 0.6 is 0 Å². The van der Waals surface area contributed by atoms with Crippen LogP contribution < -0.4 is 10.5 Å². The lowest BCUT2D eigenvalue weighted by atomic mass is 10.1. The maximum atomic E-state index is 11.1. The summed E-state index contributed by atoms with van der Waals surface area (Å²) in [7, 11) is 1.33. The van der Waals surface area contributed by atoms with E-state index in [9.17, 15) is 4.79 Å². The third-order valence-corrected chi connectivity index (χ3v) is 2.19. The largest absolute Gasteiger partial charge is 0.494 e. The van der Waals surface area contributed by atoms with Crippen LogP contribution in [-0.4, -0.2) is 25.7 Å². The fraction of sp³-hybridized carbons (Fsp3) is 0.417. The van der Waals surface area contributed by atoms with Crippen molar-refractivity contribution < 1.29 is 14.3 Å². The van der Waals surface area contributed by atoms with Crippen molar-refractivity contribution in [3.8, 4) is 5.75 Å². The van der Waals surface area contributed by atoms with Gasteiger partial charge in [-0.15, -0.1) is 0 Å². The van der Waals surface area contributed by atoms with Crippen molar-refractivity contribution in [1.29, 1.82) is 0 Å². The zero-order valence-corrected chi connectivity index (χ0v) is 9.60. The van der Waals surface area contributed by atoms with Crippen molar-refractivity contribution in [2.75, 3.05) is 13.7 Å². The van der Waals surface area contributed by atoms with Gasteiger partial charge in [-0.2, -0.15) is 0 Å². The molecule has 0 bridgehead atoms. The van der Waals surface area contributed by atoms with Crippen molar-refractivity contribution in [2.45, 2.75) is 19.4 Å². The molecule has 0 aromatic heterocycles. The van der Waals surface area contributed by atoms with Gasteiger partial charge >= 0.3 is 5.97 Å². The van der Waals surface area contributed by atoms with E-state index in [4.69, 9.17) is 10.5 Å². The first-order valence-electron chi connectivity index (χ1n) is 5.22. The summed E-state index contributed by atoms with van der Waals surface area (Å²) in [6, 6.07) is 6.91. The summed E-state index contributed by atoms with van der Waals surface area (Å²) in [5.74, 6) is 0.423. The Bertz CT molecular complexity index is 335. The molecule has 88 valence electrons. The second-order valence-corrected chi connectivity index (χ2v) is 3.41. The number of carbonyl (C=O) groups excluding carboxylic acids is 1. The van der Waals surface area contributed by atoms with E-state index in [0.29, 0.717) is 13.0 Å². The molecule has 2 N–H and O–H groups in total. The Morgan fingerprint density at radius 1 is 1.38 bits per heavy atom. The van der Waals surface area contributed by atoms with Crippen LogP contribution in [0.5, 0.6) is 5.75 Å². The Kier molecular flexibility index (Phi) is 4.79. The lowest BCUT2D eigenvalue weighted by molar-refractivity contribution is -0.142. The summed E-state index contributed by atoms with van der Waals surface area (Å²) in [4.78, 5) is 11.1. The topological polar surface area (TPSA) is 61.5 Å². The van der Waals surface area contributed by atoms with Gasteiger partial charge in [0.25, 0.3) is 0 Å². The summed E-state index contributed by atoms with van der Waals surface area (Å²) in [5, 5.41) is 0. The van der Waals surface area contributed by atoms with Gasteiger partial charge in [0.15, 0.2) is 0 Å². The summed E-state index contributed by atoms with van der Waals surface area (Å²) in [6.07, 6.45) is 0.471. The van der Waals surface area contributed by atoms with Gasteiger partial charge < -0.3 is 15.2 Å². The number of benzene rings is 1. The molecule has 0 radical (unpaired) electrons. The van der Waals surface area contributed by atoms with Crippen molar-refractivity contribution in [3.05, 3.63) is 29.8 Å². The first-order valence-corrected chi connectivity index (χ1v) is 5.22. The Balaban J connectivity index is 2.58. The Labute approximate surface area is 95.3 Å². The Hall–Kier alpha value is -1.55. The number of rotatable bonds is 5. The molecule has 16 heavy (non-hydrogen) atoms. The van der Waals surface area contributed by atoms with Gasteiger partial charge in [-0.3, -0.25) is 4.79 Å². The molecule has 0 aliphatic rings. The van der Waals surface area contributed by atoms with Crippen LogP contribution in [0.25, 0.3) is 0 Å². The molecule has 1 atom stereocenters. The van der Waals surface area contributed by atoms with E-state index in [-0.39, 0.29) is 0 Å². The normalized spacial score (nSPS) is 11.9. The number of hydrogen-bond acceptors (Lipinski definition) is 4. The minimum atomic E-state index is -0.608. The Morgan fingerprint density at radius 3 is 2.50 bits per heavy atom. The Morgan fingerprint density at radius 2 is 2.00 bits per heavy atom. The van der Waals surface area contributed by atoms with Crippen molar-refractivity contribution >= 4 is 5.97 Å². The van der Waals surface area contributed by atoms with Crippen molar-refractivity contribution in [2.24, 2.45) is 5.73 Å². The molecule has 1 aromatic carbocycles. The van der Waals surface area contributed by atoms with Crippen LogP contribution in [0, 0.1) is 0 Å². The van der Waals surface area contributed by atoms with Crippen LogP contribution in [0.3, 0.4) is 0 Å². The first kappa shape index (κ1) is 12.5. The van der Waals surface area contributed by atoms with Crippen LogP contribution in [0.4, 0.5) is 0 Å². The zero-order valence-electron chi connectivity index (χ0n) is 9.60. The average Bonchev–Trinajstić information content (AvgIpc) is 2.31. The lowest BCUT2D eigenvalue weighted by Gasteiger charge is -2.09. The third kappa shape index (κ3) is 3.55. The monoisotopic (exact) mass is 223 g/mol. The molecular formula is C12H17NO3. The van der Waals surface area contributed by atoms with E-state index in [0.717, 1.165) is 11.3 Å². The van der Waals surface area contributed by atoms with Gasteiger partial charge in [0, 0.05) is 0 Å². The van der Waals surface area contributed by atoms with E-state index in [1.54, 1.807) is 0 Å². The smallest absolute Gasteiger partial charge is 0.322 e. The molecule has 0 spiro atoms. The predicted octanol–water partition coefficient (Wildman–Crippen LogP) is 1.13. The SMILES string of the molecule is CCOc1ccc(C[C@@H](N)C(=O)OC)cc1. The maximum Gasteiger partial charge on any atom is 0.322 e. The first-order chi connectivity index (χ1) is 7.67. The van der Waals surface area contributed by atoms with E-state index in [1.807, 2.05) is 31.2 Å². The second-order valence-electron chi connectivity index (χ2n) is 3.41. The van der Waals surface area contributed by atoms with Crippen LogP contribution in [-0.2, 0) is 16.0 Å². The number of ether oxygens (including phenoxy) is 2. The molecule has 0 heterocycles. The standard InChI is InChI=1S/C12H17NO3/c1-3-16-10-6-4-9(5-7-10)8-11(13)12(14)15-2/h4-7,11H,3,8,13H2,1-2H3/t11-/m1/s1. The van der Waals surface area contributed by atoms with Gasteiger partial charge in [0.1, 0.15) is 11.8 Å². The number of methoxy groups -OCH3 is 1. The minimum Gasteiger partial charge on any atom is -0.494 e. The average molecular weight is 223 g/mol. The van der Waals surface area contributed by atoms with Crippen LogP contribution in [0.1, 0.15) is 12.5 Å². The van der Waals surface area contributed by atoms with E-state index < -0.39 is 12.0 Å². The highest BCUT2D eigenvalue weighted by molar-refractivity contribution is 5.75. The van der Waals surface area contributed by atoms with Crippen molar-refractivity contribution in [1.82, 2.24) is 0 Å². The molecule has 0 aliphatic carbocycles. The molecule has 0 amide bonds. The molecule has 1 rings (SSSR count). The van der Waals surface area contributed by atoms with Gasteiger partial charge in [0.05, 0.1) is 13.7 Å². The summed E-state index contributed by atoms with van der Waals surface area (Å²) >= 11 is 0. The highest BCUT2D eigenvalue weighted by Crippen LogP contribution is 2.13. The van der Waals surface area contributed by atoms with Gasteiger partial charge in [-0.1, -0.05) is 12.1 Å². The summed E-state index contributed by atoms with van der Waals surface area (Å²) < 4.78 is 9.87. The molecular weight excluding hydrogens is 206 g/mol. The molecule has 1 aromatic rings. The quantitative estimate of drug-likeness (QED) is 0.760. The molecule has 0 saturated heterocycles. The van der Waals surface area contributed by atoms with E-state index >= 15 is 0 Å². The molecule has 4 nitrogen and oxygen atoms in total. The van der Waals surface area contributed by atoms with Gasteiger partial charge in [-0.25, -0.2) is 0 Å². The number of hydrogen-bond donors (Lipinski definition) is 1. The fourth-order valence-electron chi connectivity index (χ4n) is 1.38. The molecule has 4 heteroatoms. The van der Waals surface area contributed by atoms with Gasteiger partial charge in [-0.05, 0) is 31.0 Å². The van der Waals surface area contributed by atoms with Crippen LogP contribution in [0.2, 0.25) is 0 Å².